The van der Waals surface area contributed by atoms with Crippen LogP contribution in [0.25, 0.3) is 0 Å². The maximum atomic E-state index is 11.9. The van der Waals surface area contributed by atoms with Crippen molar-refractivity contribution in [1.29, 1.82) is 0 Å². The number of likely N-dealkylation sites (tertiary alicyclic amines) is 1. The molecule has 2 fully saturated rings. The lowest BCUT2D eigenvalue weighted by atomic mass is 9.69. The predicted octanol–water partition coefficient (Wildman–Crippen LogP) is 1.00. The highest BCUT2D eigenvalue weighted by atomic mass is 16.5. The van der Waals surface area contributed by atoms with Crippen molar-refractivity contribution in [2.24, 2.45) is 17.1 Å². The van der Waals surface area contributed by atoms with Gasteiger partial charge in [-0.25, -0.2) is 0 Å². The van der Waals surface area contributed by atoms with Gasteiger partial charge in [0.05, 0.1) is 6.61 Å². The van der Waals surface area contributed by atoms with Crippen molar-refractivity contribution < 1.29 is 9.53 Å². The molecule has 0 spiro atoms. The topological polar surface area (TPSA) is 55.6 Å². The first kappa shape index (κ1) is 12.8. The van der Waals surface area contributed by atoms with Crippen molar-refractivity contribution >= 4 is 5.91 Å². The van der Waals surface area contributed by atoms with Crippen LogP contribution in [0.2, 0.25) is 0 Å². The molecule has 0 aromatic carbocycles. The summed E-state index contributed by atoms with van der Waals surface area (Å²) >= 11 is 0. The summed E-state index contributed by atoms with van der Waals surface area (Å²) in [4.78, 5) is 14.0. The van der Waals surface area contributed by atoms with E-state index in [9.17, 15) is 4.79 Å². The van der Waals surface area contributed by atoms with Gasteiger partial charge >= 0.3 is 0 Å². The van der Waals surface area contributed by atoms with Crippen molar-refractivity contribution in [2.75, 3.05) is 33.4 Å². The smallest absolute Gasteiger partial charge is 0.223 e. The molecule has 1 aliphatic carbocycles. The van der Waals surface area contributed by atoms with Gasteiger partial charge in [-0.2, -0.15) is 0 Å². The van der Waals surface area contributed by atoms with E-state index in [-0.39, 0.29) is 11.3 Å². The molecule has 2 aliphatic rings. The maximum Gasteiger partial charge on any atom is 0.223 e. The van der Waals surface area contributed by atoms with E-state index < -0.39 is 0 Å². The zero-order valence-electron chi connectivity index (χ0n) is 10.8. The fourth-order valence-corrected chi connectivity index (χ4v) is 3.58. The molecule has 0 aromatic rings. The summed E-state index contributed by atoms with van der Waals surface area (Å²) in [5.74, 6) is 0.857. The second kappa shape index (κ2) is 5.36. The van der Waals surface area contributed by atoms with Gasteiger partial charge in [-0.3, -0.25) is 4.79 Å². The zero-order valence-corrected chi connectivity index (χ0v) is 10.8. The molecule has 1 saturated heterocycles. The second-order valence-electron chi connectivity index (χ2n) is 5.55. The van der Waals surface area contributed by atoms with E-state index in [4.69, 9.17) is 10.5 Å². The third kappa shape index (κ3) is 2.47. The number of carbonyl (C=O) groups excluding carboxylic acids is 1. The van der Waals surface area contributed by atoms with E-state index in [1.165, 1.54) is 25.7 Å². The Balaban J connectivity index is 2.05. The number of methoxy groups -OCH3 is 1. The van der Waals surface area contributed by atoms with Crippen molar-refractivity contribution in [3.8, 4) is 0 Å². The lowest BCUT2D eigenvalue weighted by Crippen LogP contribution is -2.38. The van der Waals surface area contributed by atoms with Crippen LogP contribution < -0.4 is 5.73 Å². The largest absolute Gasteiger partial charge is 0.384 e. The average Bonchev–Trinajstić information content (AvgIpc) is 2.69. The molecular weight excluding hydrogens is 216 g/mol. The minimum Gasteiger partial charge on any atom is -0.384 e. The summed E-state index contributed by atoms with van der Waals surface area (Å²) in [6, 6.07) is 0. The summed E-state index contributed by atoms with van der Waals surface area (Å²) in [6.07, 6.45) is 5.51. The first-order chi connectivity index (χ1) is 8.22. The molecule has 98 valence electrons. The van der Waals surface area contributed by atoms with Crippen LogP contribution in [0.4, 0.5) is 0 Å². The normalized spacial score (nSPS) is 32.6. The van der Waals surface area contributed by atoms with Crippen LogP contribution in [0.5, 0.6) is 0 Å². The Morgan fingerprint density at radius 3 is 3.06 bits per heavy atom. The van der Waals surface area contributed by atoms with Crippen LogP contribution in [0.15, 0.2) is 0 Å². The van der Waals surface area contributed by atoms with Crippen LogP contribution in [-0.4, -0.2) is 44.2 Å². The van der Waals surface area contributed by atoms with E-state index in [1.807, 2.05) is 4.90 Å². The highest BCUT2D eigenvalue weighted by Gasteiger charge is 2.48. The standard InChI is InChI=1S/C13H24N2O2/c1-17-10-13-6-3-2-4-11(13)8-15(9-13)12(16)5-7-14/h11H,2-10,14H2,1H3/t11-,13-/m0/s1. The molecule has 2 rings (SSSR count). The molecule has 4 nitrogen and oxygen atoms in total. The predicted molar refractivity (Wildman–Crippen MR) is 66.5 cm³/mol. The molecule has 1 saturated carbocycles. The van der Waals surface area contributed by atoms with E-state index in [2.05, 4.69) is 0 Å². The first-order valence-corrected chi connectivity index (χ1v) is 6.68. The van der Waals surface area contributed by atoms with Crippen LogP contribution in [-0.2, 0) is 9.53 Å². The number of ether oxygens (including phenoxy) is 1. The lowest BCUT2D eigenvalue weighted by Gasteiger charge is -2.37. The van der Waals surface area contributed by atoms with Crippen molar-refractivity contribution in [2.45, 2.75) is 32.1 Å². The highest BCUT2D eigenvalue weighted by molar-refractivity contribution is 5.76. The Bertz CT molecular complexity index is 279. The monoisotopic (exact) mass is 240 g/mol. The quantitative estimate of drug-likeness (QED) is 0.797. The van der Waals surface area contributed by atoms with E-state index in [0.717, 1.165) is 19.7 Å². The summed E-state index contributed by atoms with van der Waals surface area (Å²) < 4.78 is 5.41. The number of fused-ring (bicyclic) bond motifs is 1. The van der Waals surface area contributed by atoms with Crippen LogP contribution in [0, 0.1) is 11.3 Å². The Hall–Kier alpha value is -0.610. The van der Waals surface area contributed by atoms with Gasteiger partial charge in [0, 0.05) is 38.6 Å². The molecular formula is C13H24N2O2. The van der Waals surface area contributed by atoms with Crippen LogP contribution in [0.3, 0.4) is 0 Å². The van der Waals surface area contributed by atoms with Gasteiger partial charge in [0.25, 0.3) is 0 Å². The van der Waals surface area contributed by atoms with Crippen LogP contribution in [0.1, 0.15) is 32.1 Å². The molecule has 4 heteroatoms. The SMILES string of the molecule is COC[C@@]12CCCC[C@H]1CN(C(=O)CCN)C2. The number of hydrogen-bond acceptors (Lipinski definition) is 3. The Labute approximate surface area is 103 Å². The zero-order chi connectivity index (χ0) is 12.3. The molecule has 1 amide bonds. The van der Waals surface area contributed by atoms with Gasteiger partial charge in [0.15, 0.2) is 0 Å². The Kier molecular flexibility index (Phi) is 4.05. The molecule has 2 atom stereocenters. The van der Waals surface area contributed by atoms with Gasteiger partial charge in [-0.1, -0.05) is 12.8 Å². The number of carbonyl (C=O) groups is 1. The second-order valence-corrected chi connectivity index (χ2v) is 5.55. The Morgan fingerprint density at radius 2 is 2.35 bits per heavy atom. The summed E-state index contributed by atoms with van der Waals surface area (Å²) in [6.45, 7) is 3.05. The summed E-state index contributed by atoms with van der Waals surface area (Å²) in [5.41, 5.74) is 5.70. The van der Waals surface area contributed by atoms with Gasteiger partial charge in [0.1, 0.15) is 0 Å². The number of nitrogens with zero attached hydrogens (tertiary/aromatic N) is 1. The van der Waals surface area contributed by atoms with Crippen molar-refractivity contribution in [3.05, 3.63) is 0 Å². The molecule has 0 bridgehead atoms. The number of nitrogens with two attached hydrogens (primary N) is 1. The molecule has 1 aliphatic heterocycles. The van der Waals surface area contributed by atoms with E-state index in [0.29, 0.717) is 18.9 Å². The fraction of sp³-hybridized carbons (Fsp3) is 0.923. The summed E-state index contributed by atoms with van der Waals surface area (Å²) in [7, 11) is 1.77. The van der Waals surface area contributed by atoms with Gasteiger partial charge < -0.3 is 15.4 Å². The van der Waals surface area contributed by atoms with Crippen LogP contribution >= 0.6 is 0 Å². The number of hydrogen-bond donors (Lipinski definition) is 1. The lowest BCUT2D eigenvalue weighted by molar-refractivity contribution is -0.130. The molecule has 17 heavy (non-hydrogen) atoms. The van der Waals surface area contributed by atoms with Gasteiger partial charge in [-0.15, -0.1) is 0 Å². The van der Waals surface area contributed by atoms with E-state index in [1.54, 1.807) is 7.11 Å². The first-order valence-electron chi connectivity index (χ1n) is 6.68. The fourth-order valence-electron chi connectivity index (χ4n) is 3.58. The third-order valence-electron chi connectivity index (χ3n) is 4.43. The molecule has 1 heterocycles. The molecule has 0 aromatic heterocycles. The maximum absolute atomic E-state index is 11.9. The number of amides is 1. The minimum atomic E-state index is 0.220. The molecule has 0 radical (unpaired) electrons. The average molecular weight is 240 g/mol. The van der Waals surface area contributed by atoms with Gasteiger partial charge in [-0.05, 0) is 18.8 Å². The molecule has 0 unspecified atom stereocenters. The van der Waals surface area contributed by atoms with E-state index >= 15 is 0 Å². The summed E-state index contributed by atoms with van der Waals surface area (Å²) in [5, 5.41) is 0. The number of rotatable bonds is 4. The Morgan fingerprint density at radius 1 is 1.53 bits per heavy atom. The minimum absolute atomic E-state index is 0.220. The molecule has 2 N–H and O–H groups in total. The van der Waals surface area contributed by atoms with Gasteiger partial charge in [0.2, 0.25) is 5.91 Å². The van der Waals surface area contributed by atoms with Crippen molar-refractivity contribution in [3.63, 3.8) is 0 Å². The van der Waals surface area contributed by atoms with Crippen molar-refractivity contribution in [1.82, 2.24) is 4.90 Å². The highest BCUT2D eigenvalue weighted by Crippen LogP contribution is 2.46. The third-order valence-corrected chi connectivity index (χ3v) is 4.43.